The van der Waals surface area contributed by atoms with Gasteiger partial charge in [0.05, 0.1) is 21.3 Å². The second-order valence-electron chi connectivity index (χ2n) is 4.35. The lowest BCUT2D eigenvalue weighted by atomic mass is 10.1. The Morgan fingerprint density at radius 2 is 1.85 bits per heavy atom. The molecule has 1 amide bonds. The molecule has 6 nitrogen and oxygen atoms in total. The molecule has 0 aliphatic rings. The number of hydrogen-bond acceptors (Lipinski definition) is 5. The Balaban J connectivity index is 2.93. The third-order valence-electron chi connectivity index (χ3n) is 3.04. The van der Waals surface area contributed by atoms with Crippen LogP contribution in [0.4, 0.5) is 0 Å². The smallest absolute Gasteiger partial charge is 0.224 e. The minimum Gasteiger partial charge on any atom is -0.493 e. The fourth-order valence-corrected chi connectivity index (χ4v) is 1.77. The highest BCUT2D eigenvalue weighted by Gasteiger charge is 2.17. The van der Waals surface area contributed by atoms with E-state index in [1.54, 1.807) is 34.3 Å². The molecule has 3 N–H and O–H groups in total. The molecule has 0 bridgehead atoms. The number of amides is 1. The van der Waals surface area contributed by atoms with E-state index in [1.807, 2.05) is 6.07 Å². The molecule has 0 radical (unpaired) electrons. The number of methoxy groups -OCH3 is 3. The molecule has 1 unspecified atom stereocenters. The van der Waals surface area contributed by atoms with Crippen molar-refractivity contribution in [1.82, 2.24) is 5.32 Å². The Kier molecular flexibility index (Phi) is 6.11. The van der Waals surface area contributed by atoms with Gasteiger partial charge >= 0.3 is 0 Å². The first-order chi connectivity index (χ1) is 9.58. The number of nitrogens with one attached hydrogen (secondary N) is 1. The second kappa shape index (κ2) is 7.59. The molecule has 0 aromatic heterocycles. The van der Waals surface area contributed by atoms with Gasteiger partial charge in [0.2, 0.25) is 11.7 Å². The molecule has 112 valence electrons. The van der Waals surface area contributed by atoms with Crippen molar-refractivity contribution in [2.45, 2.75) is 13.5 Å². The van der Waals surface area contributed by atoms with Gasteiger partial charge in [0.25, 0.3) is 0 Å². The molecular weight excluding hydrogens is 260 g/mol. The standard InChI is InChI=1S/C14H22N2O4/c1-9(7-15)14(17)16-8-10-5-6-11(18-2)13(20-4)12(10)19-3/h5-6,9H,7-8,15H2,1-4H3,(H,16,17). The summed E-state index contributed by atoms with van der Waals surface area (Å²) < 4.78 is 15.8. The Bertz CT molecular complexity index is 463. The fourth-order valence-electron chi connectivity index (χ4n) is 1.77. The predicted octanol–water partition coefficient (Wildman–Crippen LogP) is 0.923. The van der Waals surface area contributed by atoms with Crippen molar-refractivity contribution < 1.29 is 19.0 Å². The summed E-state index contributed by atoms with van der Waals surface area (Å²) in [6.45, 7) is 2.43. The van der Waals surface area contributed by atoms with Crippen molar-refractivity contribution in [3.8, 4) is 17.2 Å². The van der Waals surface area contributed by atoms with E-state index < -0.39 is 0 Å². The van der Waals surface area contributed by atoms with E-state index in [0.717, 1.165) is 5.56 Å². The molecule has 0 aliphatic heterocycles. The van der Waals surface area contributed by atoms with Crippen LogP contribution in [0.15, 0.2) is 12.1 Å². The van der Waals surface area contributed by atoms with Gasteiger partial charge in [-0.2, -0.15) is 0 Å². The number of nitrogens with two attached hydrogens (primary N) is 1. The van der Waals surface area contributed by atoms with Gasteiger partial charge in [-0.3, -0.25) is 4.79 Å². The molecule has 0 saturated heterocycles. The molecule has 0 saturated carbocycles. The lowest BCUT2D eigenvalue weighted by molar-refractivity contribution is -0.124. The molecule has 0 heterocycles. The first-order valence-electron chi connectivity index (χ1n) is 6.34. The normalized spacial score (nSPS) is 11.7. The topological polar surface area (TPSA) is 82.8 Å². The highest BCUT2D eigenvalue weighted by Crippen LogP contribution is 2.39. The maximum Gasteiger partial charge on any atom is 0.224 e. The van der Waals surface area contributed by atoms with Gasteiger partial charge in [-0.15, -0.1) is 0 Å². The molecule has 0 aliphatic carbocycles. The van der Waals surface area contributed by atoms with Crippen molar-refractivity contribution in [2.75, 3.05) is 27.9 Å². The average Bonchev–Trinajstić information content (AvgIpc) is 2.50. The maximum absolute atomic E-state index is 11.7. The van der Waals surface area contributed by atoms with Gasteiger partial charge in [0, 0.05) is 24.6 Å². The van der Waals surface area contributed by atoms with E-state index in [-0.39, 0.29) is 11.8 Å². The molecule has 1 atom stereocenters. The third kappa shape index (κ3) is 3.54. The first-order valence-corrected chi connectivity index (χ1v) is 6.34. The van der Waals surface area contributed by atoms with Crippen LogP contribution < -0.4 is 25.3 Å². The summed E-state index contributed by atoms with van der Waals surface area (Å²) in [5.74, 6) is 1.32. The molecule has 20 heavy (non-hydrogen) atoms. The Morgan fingerprint density at radius 3 is 2.35 bits per heavy atom. The fraction of sp³-hybridized carbons (Fsp3) is 0.500. The van der Waals surface area contributed by atoms with Crippen molar-refractivity contribution in [3.05, 3.63) is 17.7 Å². The Labute approximate surface area is 119 Å². The SMILES string of the molecule is COc1ccc(CNC(=O)C(C)CN)c(OC)c1OC. The van der Waals surface area contributed by atoms with Gasteiger partial charge < -0.3 is 25.3 Å². The van der Waals surface area contributed by atoms with E-state index in [1.165, 1.54) is 0 Å². The summed E-state index contributed by atoms with van der Waals surface area (Å²) in [6.07, 6.45) is 0. The van der Waals surface area contributed by atoms with Crippen LogP contribution in [-0.4, -0.2) is 33.8 Å². The largest absolute Gasteiger partial charge is 0.493 e. The van der Waals surface area contributed by atoms with Crippen molar-refractivity contribution in [1.29, 1.82) is 0 Å². The number of ether oxygens (including phenoxy) is 3. The van der Waals surface area contributed by atoms with Crippen molar-refractivity contribution >= 4 is 5.91 Å². The lowest BCUT2D eigenvalue weighted by Crippen LogP contribution is -2.32. The van der Waals surface area contributed by atoms with Crippen LogP contribution in [0.3, 0.4) is 0 Å². The third-order valence-corrected chi connectivity index (χ3v) is 3.04. The monoisotopic (exact) mass is 282 g/mol. The maximum atomic E-state index is 11.7. The molecule has 1 rings (SSSR count). The highest BCUT2D eigenvalue weighted by molar-refractivity contribution is 5.78. The summed E-state index contributed by atoms with van der Waals surface area (Å²) in [6, 6.07) is 3.60. The van der Waals surface area contributed by atoms with Gasteiger partial charge in [-0.25, -0.2) is 0 Å². The van der Waals surface area contributed by atoms with Gasteiger partial charge in [0.15, 0.2) is 11.5 Å². The number of carbonyl (C=O) groups excluding carboxylic acids is 1. The van der Waals surface area contributed by atoms with Crippen LogP contribution in [0.5, 0.6) is 17.2 Å². The number of rotatable bonds is 7. The van der Waals surface area contributed by atoms with Crippen LogP contribution in [0.25, 0.3) is 0 Å². The Morgan fingerprint density at radius 1 is 1.20 bits per heavy atom. The quantitative estimate of drug-likeness (QED) is 0.777. The number of hydrogen-bond donors (Lipinski definition) is 2. The van der Waals surface area contributed by atoms with E-state index in [9.17, 15) is 4.79 Å². The van der Waals surface area contributed by atoms with Gasteiger partial charge in [-0.1, -0.05) is 6.92 Å². The van der Waals surface area contributed by atoms with E-state index in [4.69, 9.17) is 19.9 Å². The molecule has 6 heteroatoms. The Hall–Kier alpha value is -1.95. The summed E-state index contributed by atoms with van der Waals surface area (Å²) in [5, 5.41) is 2.82. The molecule has 0 fully saturated rings. The molecule has 1 aromatic rings. The predicted molar refractivity (Wildman–Crippen MR) is 76.2 cm³/mol. The summed E-state index contributed by atoms with van der Waals surface area (Å²) in [4.78, 5) is 11.7. The van der Waals surface area contributed by atoms with Crippen molar-refractivity contribution in [2.24, 2.45) is 11.7 Å². The summed E-state index contributed by atoms with van der Waals surface area (Å²) in [5.41, 5.74) is 6.27. The molecular formula is C14H22N2O4. The number of carbonyl (C=O) groups is 1. The zero-order valence-electron chi connectivity index (χ0n) is 12.4. The molecule has 1 aromatic carbocycles. The van der Waals surface area contributed by atoms with Crippen LogP contribution in [0, 0.1) is 5.92 Å². The van der Waals surface area contributed by atoms with Crippen LogP contribution >= 0.6 is 0 Å². The van der Waals surface area contributed by atoms with Crippen LogP contribution in [0.2, 0.25) is 0 Å². The first kappa shape index (κ1) is 16.1. The van der Waals surface area contributed by atoms with Crippen LogP contribution in [-0.2, 0) is 11.3 Å². The van der Waals surface area contributed by atoms with Crippen LogP contribution in [0.1, 0.15) is 12.5 Å². The average molecular weight is 282 g/mol. The minimum absolute atomic E-state index is 0.0932. The highest BCUT2D eigenvalue weighted by atomic mass is 16.5. The number of benzene rings is 1. The summed E-state index contributed by atoms with van der Waals surface area (Å²) in [7, 11) is 4.64. The summed E-state index contributed by atoms with van der Waals surface area (Å²) >= 11 is 0. The zero-order chi connectivity index (χ0) is 15.1. The van der Waals surface area contributed by atoms with E-state index >= 15 is 0 Å². The van der Waals surface area contributed by atoms with Gasteiger partial charge in [0.1, 0.15) is 0 Å². The van der Waals surface area contributed by atoms with Gasteiger partial charge in [-0.05, 0) is 12.1 Å². The second-order valence-corrected chi connectivity index (χ2v) is 4.35. The zero-order valence-corrected chi connectivity index (χ0v) is 12.4. The van der Waals surface area contributed by atoms with E-state index in [0.29, 0.717) is 30.3 Å². The van der Waals surface area contributed by atoms with Crippen molar-refractivity contribution in [3.63, 3.8) is 0 Å². The lowest BCUT2D eigenvalue weighted by Gasteiger charge is -2.16. The molecule has 0 spiro atoms. The van der Waals surface area contributed by atoms with E-state index in [2.05, 4.69) is 5.32 Å². The minimum atomic E-state index is -0.221.